The van der Waals surface area contributed by atoms with E-state index in [-0.39, 0.29) is 37.0 Å². The molecule has 208 valence electrons. The predicted octanol–water partition coefficient (Wildman–Crippen LogP) is 6.57. The monoisotopic (exact) mass is 561 g/mol. The fraction of sp³-hybridized carbons (Fsp3) is 0.552. The summed E-state index contributed by atoms with van der Waals surface area (Å²) in [6.07, 6.45) is 15.6. The Morgan fingerprint density at radius 3 is 2.37 bits per heavy atom. The topological polar surface area (TPSA) is 74.1 Å². The molecular weight excluding hydrogens is 521 g/mol. The molecule has 1 N–H and O–H groups in total. The van der Waals surface area contributed by atoms with Crippen molar-refractivity contribution in [1.82, 2.24) is 25.3 Å². The molecule has 7 nitrogen and oxygen atoms in total. The standard InChI is InChI=1S/C29H39N5O2.2ClH/c1-3-4-10-27-25(18-29(33-32-27)36-24-13-15-30-16-14-24)21-11-12-28(35-23-8-6-5-7-9-23)26(17-21)22-19-31-34(2)20-22;;/h11-12,17-20,23-24,30H,3-10,13-16H2,1-2H3;2*1H. The summed E-state index contributed by atoms with van der Waals surface area (Å²) in [6.45, 7) is 4.17. The van der Waals surface area contributed by atoms with Gasteiger partial charge in [-0.1, -0.05) is 25.8 Å². The second kappa shape index (κ2) is 14.7. The first-order chi connectivity index (χ1) is 17.7. The number of halogens is 2. The zero-order valence-electron chi connectivity index (χ0n) is 22.5. The average Bonchev–Trinajstić information content (AvgIpc) is 3.35. The molecular formula is C29H41Cl2N5O2. The normalized spacial score (nSPS) is 16.4. The van der Waals surface area contributed by atoms with Gasteiger partial charge in [0.1, 0.15) is 11.9 Å². The number of aryl methyl sites for hydroxylation is 2. The maximum absolute atomic E-state index is 6.56. The quantitative estimate of drug-likeness (QED) is 0.318. The van der Waals surface area contributed by atoms with Crippen LogP contribution in [0.3, 0.4) is 0 Å². The van der Waals surface area contributed by atoms with E-state index in [0.717, 1.165) is 91.7 Å². The minimum Gasteiger partial charge on any atom is -0.490 e. The van der Waals surface area contributed by atoms with Crippen LogP contribution in [0, 0.1) is 0 Å². The van der Waals surface area contributed by atoms with Crippen molar-refractivity contribution in [3.05, 3.63) is 42.4 Å². The summed E-state index contributed by atoms with van der Waals surface area (Å²) < 4.78 is 14.7. The van der Waals surface area contributed by atoms with Gasteiger partial charge < -0.3 is 14.8 Å². The Bertz CT molecular complexity index is 1140. The van der Waals surface area contributed by atoms with Gasteiger partial charge in [0.15, 0.2) is 0 Å². The fourth-order valence-corrected chi connectivity index (χ4v) is 5.27. The highest BCUT2D eigenvalue weighted by atomic mass is 35.5. The molecule has 1 saturated heterocycles. The molecule has 1 saturated carbocycles. The van der Waals surface area contributed by atoms with Crippen LogP contribution in [0.5, 0.6) is 11.6 Å². The zero-order chi connectivity index (χ0) is 24.7. The Kier molecular flexibility index (Phi) is 11.7. The van der Waals surface area contributed by atoms with Crippen molar-refractivity contribution < 1.29 is 9.47 Å². The molecule has 2 fully saturated rings. The third-order valence-corrected chi connectivity index (χ3v) is 7.34. The molecule has 2 aliphatic rings. The lowest BCUT2D eigenvalue weighted by molar-refractivity contribution is 0.154. The molecule has 1 aliphatic carbocycles. The Morgan fingerprint density at radius 1 is 0.895 bits per heavy atom. The number of hydrogen-bond donors (Lipinski definition) is 1. The molecule has 0 bridgehead atoms. The van der Waals surface area contributed by atoms with E-state index in [1.807, 2.05) is 17.9 Å². The summed E-state index contributed by atoms with van der Waals surface area (Å²) in [5.74, 6) is 1.55. The van der Waals surface area contributed by atoms with Gasteiger partial charge >= 0.3 is 0 Å². The highest BCUT2D eigenvalue weighted by Crippen LogP contribution is 2.38. The second-order valence-corrected chi connectivity index (χ2v) is 10.2. The molecule has 3 heterocycles. The van der Waals surface area contributed by atoms with E-state index in [9.17, 15) is 0 Å². The summed E-state index contributed by atoms with van der Waals surface area (Å²) in [5, 5.41) is 16.9. The number of aromatic nitrogens is 4. The van der Waals surface area contributed by atoms with Crippen LogP contribution >= 0.6 is 24.8 Å². The van der Waals surface area contributed by atoms with Crippen molar-refractivity contribution >= 4 is 24.8 Å². The summed E-state index contributed by atoms with van der Waals surface area (Å²) in [6, 6.07) is 8.61. The molecule has 1 aliphatic heterocycles. The number of rotatable bonds is 9. The molecule has 5 rings (SSSR count). The number of nitrogens with zero attached hydrogens (tertiary/aromatic N) is 4. The van der Waals surface area contributed by atoms with Crippen molar-refractivity contribution in [3.8, 4) is 33.9 Å². The van der Waals surface area contributed by atoms with Gasteiger partial charge in [0.25, 0.3) is 0 Å². The van der Waals surface area contributed by atoms with Crippen molar-refractivity contribution in [1.29, 1.82) is 0 Å². The number of unbranched alkanes of at least 4 members (excludes halogenated alkanes) is 1. The smallest absolute Gasteiger partial charge is 0.234 e. The average molecular weight is 563 g/mol. The zero-order valence-corrected chi connectivity index (χ0v) is 24.2. The maximum atomic E-state index is 6.56. The fourth-order valence-electron chi connectivity index (χ4n) is 5.27. The highest BCUT2D eigenvalue weighted by molar-refractivity contribution is 5.85. The minimum atomic E-state index is 0. The Hall–Kier alpha value is -2.35. The van der Waals surface area contributed by atoms with E-state index in [2.05, 4.69) is 58.0 Å². The third-order valence-electron chi connectivity index (χ3n) is 7.34. The van der Waals surface area contributed by atoms with Crippen molar-refractivity contribution in [2.75, 3.05) is 13.1 Å². The Balaban J connectivity index is 0.00000200. The molecule has 1 aromatic carbocycles. The molecule has 38 heavy (non-hydrogen) atoms. The van der Waals surface area contributed by atoms with Gasteiger partial charge in [-0.2, -0.15) is 10.2 Å². The van der Waals surface area contributed by atoms with Gasteiger partial charge in [-0.05, 0) is 82.2 Å². The van der Waals surface area contributed by atoms with E-state index >= 15 is 0 Å². The van der Waals surface area contributed by atoms with Gasteiger partial charge in [-0.3, -0.25) is 4.68 Å². The van der Waals surface area contributed by atoms with Crippen molar-refractivity contribution in [2.24, 2.45) is 7.05 Å². The third kappa shape index (κ3) is 7.61. The molecule has 0 amide bonds. The van der Waals surface area contributed by atoms with Crippen LogP contribution in [0.2, 0.25) is 0 Å². The van der Waals surface area contributed by atoms with Crippen LogP contribution in [0.25, 0.3) is 22.3 Å². The van der Waals surface area contributed by atoms with E-state index in [0.29, 0.717) is 5.88 Å². The maximum Gasteiger partial charge on any atom is 0.234 e. The van der Waals surface area contributed by atoms with Crippen LogP contribution in [0.15, 0.2) is 36.7 Å². The summed E-state index contributed by atoms with van der Waals surface area (Å²) in [7, 11) is 1.95. The van der Waals surface area contributed by atoms with Crippen LogP contribution in [-0.2, 0) is 13.5 Å². The van der Waals surface area contributed by atoms with Crippen molar-refractivity contribution in [2.45, 2.75) is 83.3 Å². The lowest BCUT2D eigenvalue weighted by Gasteiger charge is -2.25. The number of nitrogens with one attached hydrogen (secondary N) is 1. The molecule has 0 unspecified atom stereocenters. The first-order valence-corrected chi connectivity index (χ1v) is 13.7. The van der Waals surface area contributed by atoms with Gasteiger partial charge in [0, 0.05) is 36.0 Å². The van der Waals surface area contributed by atoms with Crippen LogP contribution in [0.4, 0.5) is 0 Å². The summed E-state index contributed by atoms with van der Waals surface area (Å²) in [4.78, 5) is 0. The van der Waals surface area contributed by atoms with Gasteiger partial charge in [0.05, 0.1) is 18.0 Å². The number of hydrogen-bond acceptors (Lipinski definition) is 6. The van der Waals surface area contributed by atoms with Crippen LogP contribution in [0.1, 0.15) is 70.4 Å². The molecule has 3 aromatic rings. The molecule has 0 spiro atoms. The highest BCUT2D eigenvalue weighted by Gasteiger charge is 2.21. The first kappa shape index (κ1) is 30.2. The number of piperidine rings is 1. The lowest BCUT2D eigenvalue weighted by Crippen LogP contribution is -2.34. The molecule has 0 atom stereocenters. The Labute approximate surface area is 238 Å². The summed E-state index contributed by atoms with van der Waals surface area (Å²) in [5.41, 5.74) is 5.36. The minimum absolute atomic E-state index is 0. The van der Waals surface area contributed by atoms with Crippen LogP contribution < -0.4 is 14.8 Å². The summed E-state index contributed by atoms with van der Waals surface area (Å²) >= 11 is 0. The van der Waals surface area contributed by atoms with E-state index in [4.69, 9.17) is 9.47 Å². The Morgan fingerprint density at radius 2 is 1.66 bits per heavy atom. The van der Waals surface area contributed by atoms with Crippen LogP contribution in [-0.4, -0.2) is 45.3 Å². The molecule has 9 heteroatoms. The SMILES string of the molecule is CCCCc1nnc(OC2CCNCC2)cc1-c1ccc(OC2CCCCC2)c(-c2cnn(C)c2)c1.Cl.Cl. The van der Waals surface area contributed by atoms with Crippen molar-refractivity contribution in [3.63, 3.8) is 0 Å². The van der Waals surface area contributed by atoms with Gasteiger partial charge in [0.2, 0.25) is 5.88 Å². The largest absolute Gasteiger partial charge is 0.490 e. The number of benzene rings is 1. The second-order valence-electron chi connectivity index (χ2n) is 10.2. The first-order valence-electron chi connectivity index (χ1n) is 13.7. The molecule has 2 aromatic heterocycles. The van der Waals surface area contributed by atoms with E-state index in [1.165, 1.54) is 19.3 Å². The van der Waals surface area contributed by atoms with E-state index < -0.39 is 0 Å². The lowest BCUT2D eigenvalue weighted by atomic mass is 9.96. The van der Waals surface area contributed by atoms with Gasteiger partial charge in [-0.25, -0.2) is 0 Å². The molecule has 0 radical (unpaired) electrons. The number of ether oxygens (including phenoxy) is 2. The van der Waals surface area contributed by atoms with E-state index in [1.54, 1.807) is 0 Å². The predicted molar refractivity (Wildman–Crippen MR) is 157 cm³/mol. The van der Waals surface area contributed by atoms with Gasteiger partial charge in [-0.15, -0.1) is 29.9 Å².